The van der Waals surface area contributed by atoms with Crippen molar-refractivity contribution in [3.8, 4) is 11.3 Å². The Hall–Kier alpha value is -3.31. The Morgan fingerprint density at radius 1 is 1.22 bits per heavy atom. The SMILES string of the molecule is C[C@H](CO)N[C@H](C)c1nc(C(F)(F)F)cc2c(-c3cccc([C@H](c4nncn4C)C4CCC4)c3)n[nH]c12. The van der Waals surface area contributed by atoms with Gasteiger partial charge in [-0.2, -0.15) is 18.3 Å². The highest BCUT2D eigenvalue weighted by atomic mass is 19.4. The summed E-state index contributed by atoms with van der Waals surface area (Å²) in [6, 6.07) is 7.99. The highest BCUT2D eigenvalue weighted by Crippen LogP contribution is 2.43. The van der Waals surface area contributed by atoms with Gasteiger partial charge in [0.25, 0.3) is 0 Å². The third kappa shape index (κ3) is 4.85. The summed E-state index contributed by atoms with van der Waals surface area (Å²) in [6.45, 7) is 3.32. The summed E-state index contributed by atoms with van der Waals surface area (Å²) < 4.78 is 43.5. The molecule has 0 amide bonds. The molecule has 1 saturated carbocycles. The molecule has 1 aliphatic rings. The summed E-state index contributed by atoms with van der Waals surface area (Å²) in [5.41, 5.74) is 1.83. The number of aryl methyl sites for hydroxylation is 1. The first kappa shape index (κ1) is 25.3. The topological polar surface area (TPSA) is 105 Å². The number of fused-ring (bicyclic) bond motifs is 1. The van der Waals surface area contributed by atoms with Gasteiger partial charge in [0.2, 0.25) is 0 Å². The van der Waals surface area contributed by atoms with Gasteiger partial charge in [0.05, 0.1) is 17.8 Å². The van der Waals surface area contributed by atoms with Crippen molar-refractivity contribution < 1.29 is 18.3 Å². The summed E-state index contributed by atoms with van der Waals surface area (Å²) in [4.78, 5) is 3.94. The maximum absolute atomic E-state index is 13.9. The van der Waals surface area contributed by atoms with Crippen LogP contribution in [0.5, 0.6) is 0 Å². The Kier molecular flexibility index (Phi) is 6.76. The Morgan fingerprint density at radius 3 is 2.62 bits per heavy atom. The maximum Gasteiger partial charge on any atom is 0.433 e. The predicted molar refractivity (Wildman–Crippen MR) is 133 cm³/mol. The number of hydrogen-bond donors (Lipinski definition) is 3. The molecular formula is C26H30F3N7O. The minimum absolute atomic E-state index is 0.0403. The fraction of sp³-hybridized carbons (Fsp3) is 0.462. The van der Waals surface area contributed by atoms with Crippen molar-refractivity contribution in [1.29, 1.82) is 0 Å². The molecule has 5 rings (SSSR count). The van der Waals surface area contributed by atoms with Gasteiger partial charge in [-0.05, 0) is 50.3 Å². The molecule has 3 N–H and O–H groups in total. The van der Waals surface area contributed by atoms with Crippen molar-refractivity contribution in [3.63, 3.8) is 0 Å². The lowest BCUT2D eigenvalue weighted by Crippen LogP contribution is -2.32. The Bertz CT molecular complexity index is 1390. The molecule has 1 aliphatic carbocycles. The van der Waals surface area contributed by atoms with Gasteiger partial charge >= 0.3 is 6.18 Å². The smallest absolute Gasteiger partial charge is 0.395 e. The molecule has 3 atom stereocenters. The van der Waals surface area contributed by atoms with E-state index in [1.807, 2.05) is 35.9 Å². The number of rotatable bonds is 8. The zero-order valence-corrected chi connectivity index (χ0v) is 20.9. The largest absolute Gasteiger partial charge is 0.433 e. The number of alkyl halides is 3. The van der Waals surface area contributed by atoms with Crippen molar-refractivity contribution in [2.75, 3.05) is 6.61 Å². The molecule has 1 aromatic carbocycles. The lowest BCUT2D eigenvalue weighted by Gasteiger charge is -2.33. The van der Waals surface area contributed by atoms with Gasteiger partial charge in [-0.25, -0.2) is 4.98 Å². The number of aromatic amines is 1. The molecule has 37 heavy (non-hydrogen) atoms. The molecule has 3 heterocycles. The summed E-state index contributed by atoms with van der Waals surface area (Å²) in [5, 5.41) is 28.7. The Balaban J connectivity index is 1.62. The van der Waals surface area contributed by atoms with Gasteiger partial charge in [0, 0.05) is 36.0 Å². The van der Waals surface area contributed by atoms with Crippen molar-refractivity contribution >= 4 is 10.9 Å². The average molecular weight is 514 g/mol. The third-order valence-corrected chi connectivity index (χ3v) is 7.26. The average Bonchev–Trinajstić information content (AvgIpc) is 3.46. The van der Waals surface area contributed by atoms with Crippen LogP contribution in [-0.2, 0) is 13.2 Å². The van der Waals surface area contributed by atoms with E-state index in [2.05, 4.69) is 30.7 Å². The molecule has 0 aliphatic heterocycles. The monoisotopic (exact) mass is 513 g/mol. The molecule has 196 valence electrons. The zero-order chi connectivity index (χ0) is 26.3. The van der Waals surface area contributed by atoms with E-state index >= 15 is 0 Å². The van der Waals surface area contributed by atoms with Crippen LogP contribution < -0.4 is 5.32 Å². The fourth-order valence-corrected chi connectivity index (χ4v) is 5.14. The fourth-order valence-electron chi connectivity index (χ4n) is 5.14. The molecule has 0 spiro atoms. The molecule has 0 bridgehead atoms. The number of aliphatic hydroxyl groups excluding tert-OH is 1. The van der Waals surface area contributed by atoms with Crippen molar-refractivity contribution in [2.24, 2.45) is 13.0 Å². The van der Waals surface area contributed by atoms with Gasteiger partial charge in [0.1, 0.15) is 23.5 Å². The first-order valence-electron chi connectivity index (χ1n) is 12.4. The van der Waals surface area contributed by atoms with Crippen LogP contribution in [0.25, 0.3) is 22.2 Å². The van der Waals surface area contributed by atoms with Gasteiger partial charge < -0.3 is 15.0 Å². The van der Waals surface area contributed by atoms with E-state index in [0.717, 1.165) is 30.3 Å². The number of pyridine rings is 1. The molecular weight excluding hydrogens is 483 g/mol. The van der Waals surface area contributed by atoms with Crippen LogP contribution in [0.3, 0.4) is 0 Å². The van der Waals surface area contributed by atoms with Crippen LogP contribution in [-0.4, -0.2) is 47.7 Å². The second-order valence-electron chi connectivity index (χ2n) is 9.95. The molecule has 0 saturated heterocycles. The first-order valence-corrected chi connectivity index (χ1v) is 12.4. The second kappa shape index (κ2) is 9.86. The maximum atomic E-state index is 13.9. The Morgan fingerprint density at radius 2 is 2.00 bits per heavy atom. The summed E-state index contributed by atoms with van der Waals surface area (Å²) in [7, 11) is 1.92. The molecule has 3 aromatic heterocycles. The van der Waals surface area contributed by atoms with Crippen LogP contribution in [0.1, 0.15) is 67.8 Å². The van der Waals surface area contributed by atoms with Crippen molar-refractivity contribution in [2.45, 2.75) is 57.3 Å². The summed E-state index contributed by atoms with van der Waals surface area (Å²) in [6.07, 6.45) is 0.413. The van der Waals surface area contributed by atoms with E-state index in [0.29, 0.717) is 28.1 Å². The predicted octanol–water partition coefficient (Wildman–Crippen LogP) is 4.74. The highest BCUT2D eigenvalue weighted by Gasteiger charge is 2.36. The number of nitrogens with one attached hydrogen (secondary N) is 2. The molecule has 8 nitrogen and oxygen atoms in total. The summed E-state index contributed by atoms with van der Waals surface area (Å²) in [5.74, 6) is 1.35. The van der Waals surface area contributed by atoms with E-state index in [1.54, 1.807) is 20.2 Å². The quantitative estimate of drug-likeness (QED) is 0.315. The first-order chi connectivity index (χ1) is 17.7. The van der Waals surface area contributed by atoms with Crippen LogP contribution in [0.15, 0.2) is 36.7 Å². The van der Waals surface area contributed by atoms with Gasteiger partial charge in [-0.3, -0.25) is 5.10 Å². The number of aliphatic hydroxyl groups is 1. The molecule has 4 aromatic rings. The molecule has 1 fully saturated rings. The molecule has 11 heteroatoms. The van der Waals surface area contributed by atoms with Crippen LogP contribution in [0.4, 0.5) is 13.2 Å². The number of H-pyrrole nitrogens is 1. The number of hydrogen-bond acceptors (Lipinski definition) is 6. The van der Waals surface area contributed by atoms with Crippen molar-refractivity contribution in [1.82, 2.24) is 35.3 Å². The van der Waals surface area contributed by atoms with E-state index in [4.69, 9.17) is 0 Å². The van der Waals surface area contributed by atoms with Gasteiger partial charge in [-0.1, -0.05) is 24.6 Å². The number of nitrogens with zero attached hydrogens (tertiary/aromatic N) is 5. The minimum atomic E-state index is -4.62. The van der Waals surface area contributed by atoms with Crippen molar-refractivity contribution in [3.05, 3.63) is 59.4 Å². The zero-order valence-electron chi connectivity index (χ0n) is 20.9. The second-order valence-corrected chi connectivity index (χ2v) is 9.95. The normalized spacial score (nSPS) is 17.1. The van der Waals surface area contributed by atoms with E-state index in [9.17, 15) is 18.3 Å². The lowest BCUT2D eigenvalue weighted by atomic mass is 9.72. The Labute approximate surface area is 212 Å². The van der Waals surface area contributed by atoms with Gasteiger partial charge in [0.15, 0.2) is 0 Å². The number of benzene rings is 1. The van der Waals surface area contributed by atoms with E-state index < -0.39 is 17.9 Å². The van der Waals surface area contributed by atoms with Crippen LogP contribution >= 0.6 is 0 Å². The van der Waals surface area contributed by atoms with E-state index in [-0.39, 0.29) is 24.3 Å². The van der Waals surface area contributed by atoms with Crippen LogP contribution in [0, 0.1) is 5.92 Å². The standard InChI is InChI=1S/C26H30F3N7O/c1-14(12-37)31-15(2)22-24-19(11-20(32-22)26(27,28)29)23(33-34-24)18-9-5-8-17(10-18)21(16-6-4-7-16)25-35-30-13-36(25)3/h5,8-11,13-16,21,31,37H,4,6-7,12H2,1-3H3,(H,33,34)/t14-,15-,21-/m1/s1. The molecule has 0 radical (unpaired) electrons. The minimum Gasteiger partial charge on any atom is -0.395 e. The van der Waals surface area contributed by atoms with E-state index in [1.165, 1.54) is 6.42 Å². The number of halogens is 3. The van der Waals surface area contributed by atoms with Crippen LogP contribution in [0.2, 0.25) is 0 Å². The highest BCUT2D eigenvalue weighted by molar-refractivity contribution is 5.94. The number of aromatic nitrogens is 6. The lowest BCUT2D eigenvalue weighted by molar-refractivity contribution is -0.141. The third-order valence-electron chi connectivity index (χ3n) is 7.26. The molecule has 0 unspecified atom stereocenters. The van der Waals surface area contributed by atoms with Gasteiger partial charge in [-0.15, -0.1) is 10.2 Å². The summed E-state index contributed by atoms with van der Waals surface area (Å²) >= 11 is 0.